The Morgan fingerprint density at radius 1 is 0.281 bits per heavy atom. The van der Waals surface area contributed by atoms with Crippen molar-refractivity contribution in [2.24, 2.45) is 0 Å². The molecule has 0 aromatic heterocycles. The van der Waals surface area contributed by atoms with Crippen molar-refractivity contribution >= 4 is 11.9 Å². The lowest BCUT2D eigenvalue weighted by molar-refractivity contribution is -0.163. The first-order valence-corrected chi connectivity index (χ1v) is 29.6. The minimum Gasteiger partial charge on any atom is -0.462 e. The molecule has 0 bridgehead atoms. The van der Waals surface area contributed by atoms with Gasteiger partial charge in [0.15, 0.2) is 6.10 Å². The molecule has 0 fully saturated rings. The van der Waals surface area contributed by atoms with Crippen LogP contribution in [-0.4, -0.2) is 37.9 Å². The molecule has 64 heavy (non-hydrogen) atoms. The zero-order valence-corrected chi connectivity index (χ0v) is 44.1. The van der Waals surface area contributed by atoms with Crippen molar-refractivity contribution in [2.45, 2.75) is 348 Å². The van der Waals surface area contributed by atoms with Gasteiger partial charge < -0.3 is 14.2 Å². The highest BCUT2D eigenvalue weighted by atomic mass is 16.6. The molecular weight excluding hydrogens is 789 g/mol. The van der Waals surface area contributed by atoms with Crippen molar-refractivity contribution < 1.29 is 23.8 Å². The second-order valence-corrected chi connectivity index (χ2v) is 20.3. The van der Waals surface area contributed by atoms with Gasteiger partial charge >= 0.3 is 11.9 Å². The number of unbranched alkanes of at least 4 members (excludes halogenated alkanes) is 45. The summed E-state index contributed by atoms with van der Waals surface area (Å²) in [6.07, 6.45) is 64.1. The molecule has 0 aromatic rings. The molecule has 5 nitrogen and oxygen atoms in total. The quantitative estimate of drug-likeness (QED) is 0.0449. The second-order valence-electron chi connectivity index (χ2n) is 20.3. The minimum absolute atomic E-state index is 0.0985. The number of esters is 2. The summed E-state index contributed by atoms with van der Waals surface area (Å²) >= 11 is 0. The normalized spacial score (nSPS) is 12.0. The van der Waals surface area contributed by atoms with Crippen molar-refractivity contribution in [1.29, 1.82) is 0 Å². The van der Waals surface area contributed by atoms with Crippen molar-refractivity contribution in [3.63, 3.8) is 0 Å². The molecule has 0 amide bonds. The molecule has 0 aromatic carbocycles. The SMILES string of the molecule is CCCCCCCCCCCCCCCCCCCCCC(=O)OCC(COCCCCCCCCCCCCCCCC)OC(=O)CCCCCCCCCCCCCCCCC. The highest BCUT2D eigenvalue weighted by Gasteiger charge is 2.18. The van der Waals surface area contributed by atoms with Crippen LogP contribution in [0, 0.1) is 0 Å². The van der Waals surface area contributed by atoms with Crippen LogP contribution in [0.25, 0.3) is 0 Å². The highest BCUT2D eigenvalue weighted by Crippen LogP contribution is 2.18. The maximum Gasteiger partial charge on any atom is 0.306 e. The Labute approximate surface area is 402 Å². The Morgan fingerprint density at radius 3 is 0.797 bits per heavy atom. The Kier molecular flexibility index (Phi) is 55.3. The number of rotatable bonds is 56. The Morgan fingerprint density at radius 2 is 0.516 bits per heavy atom. The van der Waals surface area contributed by atoms with E-state index in [1.165, 1.54) is 276 Å². The first-order chi connectivity index (χ1) is 31.6. The summed E-state index contributed by atoms with van der Waals surface area (Å²) in [5.41, 5.74) is 0. The van der Waals surface area contributed by atoms with E-state index >= 15 is 0 Å². The predicted octanol–water partition coefficient (Wildman–Crippen LogP) is 20.0. The van der Waals surface area contributed by atoms with Gasteiger partial charge in [-0.25, -0.2) is 0 Å². The van der Waals surface area contributed by atoms with Crippen molar-refractivity contribution in [1.82, 2.24) is 0 Å². The fraction of sp³-hybridized carbons (Fsp3) is 0.966. The number of hydrogen-bond donors (Lipinski definition) is 0. The largest absolute Gasteiger partial charge is 0.462 e. The van der Waals surface area contributed by atoms with Crippen LogP contribution in [-0.2, 0) is 23.8 Å². The molecule has 0 spiro atoms. The fourth-order valence-electron chi connectivity index (χ4n) is 9.22. The lowest BCUT2D eigenvalue weighted by atomic mass is 10.0. The molecule has 1 unspecified atom stereocenters. The van der Waals surface area contributed by atoms with E-state index in [0.29, 0.717) is 26.1 Å². The molecule has 0 aliphatic rings. The standard InChI is InChI=1S/C59H116O5/c1-4-7-10-13-16-19-22-25-28-29-30-31-33-34-37-40-43-46-49-52-58(60)63-56-57(55-62-54-51-48-45-42-39-36-27-24-21-18-15-12-9-6-3)64-59(61)53-50-47-44-41-38-35-32-26-23-20-17-14-11-8-5-2/h57H,4-56H2,1-3H3. The van der Waals surface area contributed by atoms with E-state index in [-0.39, 0.29) is 18.5 Å². The predicted molar refractivity (Wildman–Crippen MR) is 280 cm³/mol. The lowest BCUT2D eigenvalue weighted by Crippen LogP contribution is -2.30. The number of carbonyl (C=O) groups excluding carboxylic acids is 2. The van der Waals surface area contributed by atoms with Gasteiger partial charge in [-0.2, -0.15) is 0 Å². The Balaban J connectivity index is 4.15. The van der Waals surface area contributed by atoms with Crippen LogP contribution in [0.4, 0.5) is 0 Å². The number of carbonyl (C=O) groups is 2. The number of hydrogen-bond acceptors (Lipinski definition) is 5. The average molecular weight is 906 g/mol. The van der Waals surface area contributed by atoms with Gasteiger partial charge in [-0.05, 0) is 19.3 Å². The van der Waals surface area contributed by atoms with Gasteiger partial charge in [0.25, 0.3) is 0 Å². The topological polar surface area (TPSA) is 61.8 Å². The first-order valence-electron chi connectivity index (χ1n) is 29.6. The zero-order valence-electron chi connectivity index (χ0n) is 44.1. The van der Waals surface area contributed by atoms with Gasteiger partial charge in [0.2, 0.25) is 0 Å². The molecule has 0 aliphatic heterocycles. The molecule has 0 aliphatic carbocycles. The van der Waals surface area contributed by atoms with Crippen molar-refractivity contribution in [3.05, 3.63) is 0 Å². The highest BCUT2D eigenvalue weighted by molar-refractivity contribution is 5.70. The smallest absolute Gasteiger partial charge is 0.306 e. The maximum atomic E-state index is 12.8. The first kappa shape index (κ1) is 62.9. The summed E-state index contributed by atoms with van der Waals surface area (Å²) in [4.78, 5) is 25.5. The van der Waals surface area contributed by atoms with Crippen LogP contribution in [0.5, 0.6) is 0 Å². The Hall–Kier alpha value is -1.10. The van der Waals surface area contributed by atoms with Gasteiger partial charge in [-0.15, -0.1) is 0 Å². The maximum absolute atomic E-state index is 12.8. The van der Waals surface area contributed by atoms with E-state index in [9.17, 15) is 9.59 Å². The third-order valence-electron chi connectivity index (χ3n) is 13.6. The summed E-state index contributed by atoms with van der Waals surface area (Å²) in [6, 6.07) is 0. The van der Waals surface area contributed by atoms with E-state index in [1.54, 1.807) is 0 Å². The molecule has 0 radical (unpaired) electrons. The van der Waals surface area contributed by atoms with Crippen molar-refractivity contribution in [2.75, 3.05) is 19.8 Å². The van der Waals surface area contributed by atoms with Crippen LogP contribution in [0.3, 0.4) is 0 Å². The molecule has 5 heteroatoms. The van der Waals surface area contributed by atoms with Crippen LogP contribution < -0.4 is 0 Å². The van der Waals surface area contributed by atoms with E-state index in [4.69, 9.17) is 14.2 Å². The molecule has 382 valence electrons. The van der Waals surface area contributed by atoms with Crippen LogP contribution >= 0.6 is 0 Å². The summed E-state index contributed by atoms with van der Waals surface area (Å²) in [5, 5.41) is 0. The van der Waals surface area contributed by atoms with Gasteiger partial charge in [-0.3, -0.25) is 9.59 Å². The molecule has 1 atom stereocenters. The van der Waals surface area contributed by atoms with Crippen molar-refractivity contribution in [3.8, 4) is 0 Å². The lowest BCUT2D eigenvalue weighted by Gasteiger charge is -2.18. The molecule has 0 N–H and O–H groups in total. The van der Waals surface area contributed by atoms with Crippen LogP contribution in [0.1, 0.15) is 342 Å². The van der Waals surface area contributed by atoms with E-state index < -0.39 is 6.10 Å². The van der Waals surface area contributed by atoms with Gasteiger partial charge in [-0.1, -0.05) is 310 Å². The molecule has 0 saturated heterocycles. The summed E-state index contributed by atoms with van der Waals surface area (Å²) in [6.45, 7) is 7.93. The zero-order chi connectivity index (χ0) is 46.3. The molecular formula is C59H116O5. The summed E-state index contributed by atoms with van der Waals surface area (Å²) in [5.74, 6) is -0.364. The van der Waals surface area contributed by atoms with E-state index in [1.807, 2.05) is 0 Å². The molecule has 0 rings (SSSR count). The van der Waals surface area contributed by atoms with Gasteiger partial charge in [0, 0.05) is 19.4 Å². The van der Waals surface area contributed by atoms with Crippen LogP contribution in [0.15, 0.2) is 0 Å². The fourth-order valence-corrected chi connectivity index (χ4v) is 9.22. The van der Waals surface area contributed by atoms with E-state index in [2.05, 4.69) is 20.8 Å². The van der Waals surface area contributed by atoms with Gasteiger partial charge in [0.05, 0.1) is 6.61 Å². The molecule has 0 heterocycles. The van der Waals surface area contributed by atoms with Gasteiger partial charge in [0.1, 0.15) is 6.61 Å². The third-order valence-corrected chi connectivity index (χ3v) is 13.6. The summed E-state index contributed by atoms with van der Waals surface area (Å²) in [7, 11) is 0. The van der Waals surface area contributed by atoms with E-state index in [0.717, 1.165) is 32.1 Å². The third kappa shape index (κ3) is 53.5. The average Bonchev–Trinajstić information content (AvgIpc) is 3.30. The minimum atomic E-state index is -0.524. The second kappa shape index (κ2) is 56.2. The monoisotopic (exact) mass is 905 g/mol. The number of ether oxygens (including phenoxy) is 3. The van der Waals surface area contributed by atoms with Crippen LogP contribution in [0.2, 0.25) is 0 Å². The summed E-state index contributed by atoms with van der Waals surface area (Å²) < 4.78 is 17.5. The Bertz CT molecular complexity index is 891. The molecule has 0 saturated carbocycles.